The number of halogens is 1. The molecule has 2 N–H and O–H groups in total. The highest BCUT2D eigenvalue weighted by molar-refractivity contribution is 5.97. The van der Waals surface area contributed by atoms with Crippen molar-refractivity contribution in [1.29, 1.82) is 0 Å². The van der Waals surface area contributed by atoms with Crippen molar-refractivity contribution in [2.75, 3.05) is 13.2 Å². The van der Waals surface area contributed by atoms with Gasteiger partial charge in [0.15, 0.2) is 0 Å². The van der Waals surface area contributed by atoms with Gasteiger partial charge in [0.05, 0.1) is 0 Å². The molecule has 2 aromatic rings. The second kappa shape index (κ2) is 4.78. The minimum Gasteiger partial charge on any atom is -0.349 e. The van der Waals surface area contributed by atoms with E-state index in [0.717, 1.165) is 5.39 Å². The van der Waals surface area contributed by atoms with E-state index in [1.807, 2.05) is 6.07 Å². The van der Waals surface area contributed by atoms with Crippen molar-refractivity contribution in [3.63, 3.8) is 0 Å². The number of hydrogen-bond donors (Lipinski definition) is 2. The molecule has 0 aliphatic carbocycles. The number of fused-ring (bicyclic) bond motifs is 1. The Bertz CT molecular complexity index is 607. The lowest BCUT2D eigenvalue weighted by molar-refractivity contribution is 0.0949. The van der Waals surface area contributed by atoms with E-state index in [9.17, 15) is 14.0 Å². The van der Waals surface area contributed by atoms with Crippen molar-refractivity contribution < 1.29 is 9.18 Å². The third-order valence-corrected chi connectivity index (χ3v) is 2.38. The molecule has 0 radical (unpaired) electrons. The smallest absolute Gasteiger partial charge is 0.261 e. The lowest BCUT2D eigenvalue weighted by atomic mass is 10.1. The highest BCUT2D eigenvalue weighted by atomic mass is 19.1. The number of carbonyl (C=O) groups excluding carboxylic acids is 1. The molecule has 0 fully saturated rings. The maximum Gasteiger partial charge on any atom is 0.261 e. The van der Waals surface area contributed by atoms with Crippen molar-refractivity contribution in [2.45, 2.75) is 0 Å². The summed E-state index contributed by atoms with van der Waals surface area (Å²) in [5, 5.41) is 3.08. The van der Waals surface area contributed by atoms with Crippen LogP contribution in [-0.2, 0) is 0 Å². The molecule has 17 heavy (non-hydrogen) atoms. The summed E-state index contributed by atoms with van der Waals surface area (Å²) in [4.78, 5) is 25.8. The van der Waals surface area contributed by atoms with Gasteiger partial charge in [-0.1, -0.05) is 18.2 Å². The number of pyridine rings is 1. The summed E-state index contributed by atoms with van der Waals surface area (Å²) in [5.41, 5.74) is 0.191. The molecule has 0 spiro atoms. The van der Waals surface area contributed by atoms with Gasteiger partial charge in [-0.15, -0.1) is 0 Å². The first-order chi connectivity index (χ1) is 8.22. The Morgan fingerprint density at radius 1 is 1.35 bits per heavy atom. The van der Waals surface area contributed by atoms with Crippen LogP contribution in [0.3, 0.4) is 0 Å². The normalized spacial score (nSPS) is 10.4. The maximum atomic E-state index is 11.9. The van der Waals surface area contributed by atoms with Crippen LogP contribution in [0.25, 0.3) is 10.9 Å². The van der Waals surface area contributed by atoms with Gasteiger partial charge in [-0.3, -0.25) is 9.59 Å². The number of benzene rings is 1. The molecule has 4 nitrogen and oxygen atoms in total. The van der Waals surface area contributed by atoms with Crippen LogP contribution in [0, 0.1) is 0 Å². The molecule has 0 atom stereocenters. The van der Waals surface area contributed by atoms with Crippen LogP contribution in [0.1, 0.15) is 10.4 Å². The molecule has 1 aromatic carbocycles. The number of amides is 1. The SMILES string of the molecule is O=C(NCCF)c1cc2ccccc2[nH]c1=O. The molecule has 0 aliphatic heterocycles. The summed E-state index contributed by atoms with van der Waals surface area (Å²) in [6.45, 7) is -0.748. The number of alkyl halides is 1. The number of rotatable bonds is 3. The van der Waals surface area contributed by atoms with Crippen LogP contribution in [0.15, 0.2) is 35.1 Å². The van der Waals surface area contributed by atoms with Gasteiger partial charge in [-0.05, 0) is 17.5 Å². The Hall–Kier alpha value is -2.17. The number of hydrogen-bond acceptors (Lipinski definition) is 2. The van der Waals surface area contributed by atoms with Gasteiger partial charge in [0.2, 0.25) is 0 Å². The summed E-state index contributed by atoms with van der Waals surface area (Å²) < 4.78 is 11.9. The van der Waals surface area contributed by atoms with E-state index in [0.29, 0.717) is 5.52 Å². The zero-order valence-electron chi connectivity index (χ0n) is 9.00. The van der Waals surface area contributed by atoms with Crippen LogP contribution in [-0.4, -0.2) is 24.1 Å². The first-order valence-electron chi connectivity index (χ1n) is 5.18. The number of aromatic nitrogens is 1. The third-order valence-electron chi connectivity index (χ3n) is 2.38. The third kappa shape index (κ3) is 2.33. The molecule has 88 valence electrons. The van der Waals surface area contributed by atoms with Crippen LogP contribution in [0.5, 0.6) is 0 Å². The molecule has 0 unspecified atom stereocenters. The van der Waals surface area contributed by atoms with E-state index < -0.39 is 18.1 Å². The average molecular weight is 234 g/mol. The lowest BCUT2D eigenvalue weighted by Crippen LogP contribution is -2.30. The predicted octanol–water partition coefficient (Wildman–Crippen LogP) is 1.23. The molecule has 5 heteroatoms. The van der Waals surface area contributed by atoms with Gasteiger partial charge < -0.3 is 10.3 Å². The monoisotopic (exact) mass is 234 g/mol. The molecule has 0 saturated heterocycles. The summed E-state index contributed by atoms with van der Waals surface area (Å²) in [6.07, 6.45) is 0. The van der Waals surface area contributed by atoms with Gasteiger partial charge in [0.25, 0.3) is 11.5 Å². The molecule has 0 aliphatic rings. The standard InChI is InChI=1S/C12H11FN2O2/c13-5-6-14-11(16)9-7-8-3-1-2-4-10(8)15-12(9)17/h1-4,7H,5-6H2,(H,14,16)(H,15,17). The Morgan fingerprint density at radius 2 is 2.12 bits per heavy atom. The Balaban J connectivity index is 2.44. The van der Waals surface area contributed by atoms with E-state index in [-0.39, 0.29) is 12.1 Å². The van der Waals surface area contributed by atoms with Crippen molar-refractivity contribution >= 4 is 16.8 Å². The Labute approximate surface area is 96.5 Å². The number of H-pyrrole nitrogens is 1. The minimum absolute atomic E-state index is 0.00264. The number of aromatic amines is 1. The fraction of sp³-hybridized carbons (Fsp3) is 0.167. The van der Waals surface area contributed by atoms with E-state index in [1.165, 1.54) is 6.07 Å². The fourth-order valence-electron chi connectivity index (χ4n) is 1.57. The van der Waals surface area contributed by atoms with Gasteiger partial charge in [0.1, 0.15) is 12.2 Å². The van der Waals surface area contributed by atoms with E-state index in [2.05, 4.69) is 10.3 Å². The summed E-state index contributed by atoms with van der Waals surface area (Å²) in [6, 6.07) is 8.64. The predicted molar refractivity (Wildman–Crippen MR) is 62.9 cm³/mol. The van der Waals surface area contributed by atoms with Gasteiger partial charge >= 0.3 is 0 Å². The maximum absolute atomic E-state index is 11.9. The summed E-state index contributed by atoms with van der Waals surface area (Å²) in [7, 11) is 0. The first kappa shape index (κ1) is 11.3. The average Bonchev–Trinajstić information content (AvgIpc) is 2.35. The molecule has 1 aromatic heterocycles. The molecular formula is C12H11FN2O2. The van der Waals surface area contributed by atoms with Crippen LogP contribution >= 0.6 is 0 Å². The minimum atomic E-state index is -0.656. The van der Waals surface area contributed by atoms with Crippen molar-refractivity contribution in [1.82, 2.24) is 10.3 Å². The zero-order valence-corrected chi connectivity index (χ0v) is 9.00. The number of para-hydroxylation sites is 1. The molecule has 0 saturated carbocycles. The van der Waals surface area contributed by atoms with E-state index in [1.54, 1.807) is 18.2 Å². The highest BCUT2D eigenvalue weighted by Gasteiger charge is 2.10. The second-order valence-corrected chi connectivity index (χ2v) is 3.54. The molecule has 0 bridgehead atoms. The van der Waals surface area contributed by atoms with Gasteiger partial charge in [-0.2, -0.15) is 0 Å². The van der Waals surface area contributed by atoms with Gasteiger partial charge in [-0.25, -0.2) is 4.39 Å². The second-order valence-electron chi connectivity index (χ2n) is 3.54. The topological polar surface area (TPSA) is 62.0 Å². The van der Waals surface area contributed by atoms with Crippen LogP contribution in [0.4, 0.5) is 4.39 Å². The summed E-state index contributed by atoms with van der Waals surface area (Å²) >= 11 is 0. The van der Waals surface area contributed by atoms with Crippen LogP contribution < -0.4 is 10.9 Å². The highest BCUT2D eigenvalue weighted by Crippen LogP contribution is 2.09. The molecule has 2 rings (SSSR count). The fourth-order valence-corrected chi connectivity index (χ4v) is 1.57. The van der Waals surface area contributed by atoms with Crippen LogP contribution in [0.2, 0.25) is 0 Å². The van der Waals surface area contributed by atoms with Crippen molar-refractivity contribution in [3.8, 4) is 0 Å². The van der Waals surface area contributed by atoms with E-state index in [4.69, 9.17) is 0 Å². The molecule has 1 amide bonds. The quantitative estimate of drug-likeness (QED) is 0.839. The first-order valence-corrected chi connectivity index (χ1v) is 5.18. The largest absolute Gasteiger partial charge is 0.349 e. The van der Waals surface area contributed by atoms with Gasteiger partial charge in [0, 0.05) is 12.1 Å². The van der Waals surface area contributed by atoms with Crippen molar-refractivity contribution in [3.05, 3.63) is 46.2 Å². The van der Waals surface area contributed by atoms with E-state index >= 15 is 0 Å². The Morgan fingerprint density at radius 3 is 2.88 bits per heavy atom. The molecular weight excluding hydrogens is 223 g/mol. The number of nitrogens with one attached hydrogen (secondary N) is 2. The van der Waals surface area contributed by atoms with Crippen molar-refractivity contribution in [2.24, 2.45) is 0 Å². The molecule has 1 heterocycles. The summed E-state index contributed by atoms with van der Waals surface area (Å²) in [5.74, 6) is -0.561. The number of carbonyl (C=O) groups is 1. The lowest BCUT2D eigenvalue weighted by Gasteiger charge is -2.03. The zero-order chi connectivity index (χ0) is 12.3. The Kier molecular flexibility index (Phi) is 3.18.